The summed E-state index contributed by atoms with van der Waals surface area (Å²) in [5, 5.41) is 0. The van der Waals surface area contributed by atoms with E-state index in [4.69, 9.17) is 9.47 Å². The van der Waals surface area contributed by atoms with E-state index in [0.29, 0.717) is 6.42 Å². The van der Waals surface area contributed by atoms with Crippen LogP contribution in [0.25, 0.3) is 0 Å². The summed E-state index contributed by atoms with van der Waals surface area (Å²) in [7, 11) is 0. The van der Waals surface area contributed by atoms with Crippen LogP contribution < -0.4 is 0 Å². The summed E-state index contributed by atoms with van der Waals surface area (Å²) in [6.45, 7) is 0.832. The molecule has 2 fully saturated rings. The lowest BCUT2D eigenvalue weighted by Gasteiger charge is -2.34. The molecule has 0 aromatic carbocycles. The van der Waals surface area contributed by atoms with Crippen molar-refractivity contribution < 1.29 is 14.3 Å². The molecule has 2 aliphatic rings. The second-order valence-electron chi connectivity index (χ2n) is 3.12. The number of carbonyl (C=O) groups excluding carboxylic acids is 1. The van der Waals surface area contributed by atoms with Crippen molar-refractivity contribution in [3.05, 3.63) is 0 Å². The van der Waals surface area contributed by atoms with Crippen LogP contribution in [-0.4, -0.2) is 24.8 Å². The standard InChI is InChI=1S/C8H12O3/c9-8-4-3-6-7(11-8)2-1-5-10-6/h6-7H,1-5H2/t6?,7-/m0/s1. The van der Waals surface area contributed by atoms with Crippen LogP contribution in [0.5, 0.6) is 0 Å². The van der Waals surface area contributed by atoms with Gasteiger partial charge in [-0.15, -0.1) is 0 Å². The fourth-order valence-corrected chi connectivity index (χ4v) is 1.70. The lowest BCUT2D eigenvalue weighted by molar-refractivity contribution is -0.175. The maximum absolute atomic E-state index is 10.8. The molecule has 0 radical (unpaired) electrons. The normalized spacial score (nSPS) is 37.6. The first-order chi connectivity index (χ1) is 5.36. The Bertz CT molecular complexity index is 167. The molecule has 0 N–H and O–H groups in total. The molecule has 0 amide bonds. The maximum atomic E-state index is 10.8. The first kappa shape index (κ1) is 7.10. The molecule has 2 atom stereocenters. The average Bonchev–Trinajstić information content (AvgIpc) is 2.04. The van der Waals surface area contributed by atoms with Crippen LogP contribution in [-0.2, 0) is 14.3 Å². The van der Waals surface area contributed by atoms with E-state index in [9.17, 15) is 4.79 Å². The quantitative estimate of drug-likeness (QED) is 0.488. The monoisotopic (exact) mass is 156 g/mol. The number of rotatable bonds is 0. The van der Waals surface area contributed by atoms with Gasteiger partial charge in [0.15, 0.2) is 0 Å². The Balaban J connectivity index is 1.98. The molecule has 2 aliphatic heterocycles. The minimum atomic E-state index is -0.0586. The Morgan fingerprint density at radius 1 is 1.27 bits per heavy atom. The van der Waals surface area contributed by atoms with E-state index < -0.39 is 0 Å². The molecular weight excluding hydrogens is 144 g/mol. The van der Waals surface area contributed by atoms with Gasteiger partial charge in [-0.2, -0.15) is 0 Å². The zero-order chi connectivity index (χ0) is 7.68. The first-order valence-corrected chi connectivity index (χ1v) is 4.17. The highest BCUT2D eigenvalue weighted by Crippen LogP contribution is 2.25. The lowest BCUT2D eigenvalue weighted by atomic mass is 9.99. The SMILES string of the molecule is O=C1CCC2OCCC[C@@H]2O1. The molecule has 2 heterocycles. The van der Waals surface area contributed by atoms with Crippen molar-refractivity contribution in [2.75, 3.05) is 6.61 Å². The van der Waals surface area contributed by atoms with Crippen molar-refractivity contribution in [3.63, 3.8) is 0 Å². The van der Waals surface area contributed by atoms with Crippen LogP contribution in [0.1, 0.15) is 25.7 Å². The summed E-state index contributed by atoms with van der Waals surface area (Å²) < 4.78 is 10.6. The Morgan fingerprint density at radius 2 is 2.18 bits per heavy atom. The Morgan fingerprint density at radius 3 is 3.09 bits per heavy atom. The highest BCUT2D eigenvalue weighted by Gasteiger charge is 2.33. The molecule has 2 saturated heterocycles. The third-order valence-corrected chi connectivity index (χ3v) is 2.30. The van der Waals surface area contributed by atoms with Gasteiger partial charge in [0.05, 0.1) is 6.10 Å². The third-order valence-electron chi connectivity index (χ3n) is 2.30. The molecule has 0 bridgehead atoms. The van der Waals surface area contributed by atoms with Crippen molar-refractivity contribution in [1.29, 1.82) is 0 Å². The molecule has 2 rings (SSSR count). The Kier molecular flexibility index (Phi) is 1.82. The van der Waals surface area contributed by atoms with Gasteiger partial charge in [0.1, 0.15) is 6.10 Å². The molecule has 0 aromatic heterocycles. The van der Waals surface area contributed by atoms with Gasteiger partial charge in [0.25, 0.3) is 0 Å². The number of esters is 1. The minimum Gasteiger partial charge on any atom is -0.460 e. The van der Waals surface area contributed by atoms with Gasteiger partial charge >= 0.3 is 5.97 Å². The predicted octanol–water partition coefficient (Wildman–Crippen LogP) is 0.871. The minimum absolute atomic E-state index is 0.0586. The van der Waals surface area contributed by atoms with Crippen LogP contribution in [0.3, 0.4) is 0 Å². The van der Waals surface area contributed by atoms with E-state index in [-0.39, 0.29) is 18.2 Å². The maximum Gasteiger partial charge on any atom is 0.306 e. The van der Waals surface area contributed by atoms with Crippen LogP contribution in [0.2, 0.25) is 0 Å². The van der Waals surface area contributed by atoms with Crippen LogP contribution >= 0.6 is 0 Å². The van der Waals surface area contributed by atoms with Crippen molar-refractivity contribution in [1.82, 2.24) is 0 Å². The fraction of sp³-hybridized carbons (Fsp3) is 0.875. The zero-order valence-corrected chi connectivity index (χ0v) is 6.41. The summed E-state index contributed by atoms with van der Waals surface area (Å²) in [6, 6.07) is 0. The molecule has 0 spiro atoms. The number of hydrogen-bond acceptors (Lipinski definition) is 3. The zero-order valence-electron chi connectivity index (χ0n) is 6.41. The molecular formula is C8H12O3. The van der Waals surface area contributed by atoms with Crippen molar-refractivity contribution >= 4 is 5.97 Å². The number of hydrogen-bond donors (Lipinski definition) is 0. The summed E-state index contributed by atoms with van der Waals surface area (Å²) in [5.74, 6) is -0.0586. The van der Waals surface area contributed by atoms with Gasteiger partial charge in [-0.25, -0.2) is 0 Å². The highest BCUT2D eigenvalue weighted by molar-refractivity contribution is 5.70. The highest BCUT2D eigenvalue weighted by atomic mass is 16.6. The molecule has 11 heavy (non-hydrogen) atoms. The van der Waals surface area contributed by atoms with Gasteiger partial charge in [-0.05, 0) is 19.3 Å². The Hall–Kier alpha value is -0.570. The molecule has 62 valence electrons. The van der Waals surface area contributed by atoms with Crippen LogP contribution in [0.4, 0.5) is 0 Å². The van der Waals surface area contributed by atoms with Crippen molar-refractivity contribution in [2.45, 2.75) is 37.9 Å². The Labute approximate surface area is 65.7 Å². The summed E-state index contributed by atoms with van der Waals surface area (Å²) in [5.41, 5.74) is 0. The lowest BCUT2D eigenvalue weighted by Crippen LogP contribution is -2.41. The summed E-state index contributed by atoms with van der Waals surface area (Å²) >= 11 is 0. The van der Waals surface area contributed by atoms with Crippen LogP contribution in [0, 0.1) is 0 Å². The molecule has 0 saturated carbocycles. The number of fused-ring (bicyclic) bond motifs is 1. The summed E-state index contributed by atoms with van der Waals surface area (Å²) in [4.78, 5) is 10.8. The fourth-order valence-electron chi connectivity index (χ4n) is 1.70. The first-order valence-electron chi connectivity index (χ1n) is 4.17. The molecule has 3 nitrogen and oxygen atoms in total. The van der Waals surface area contributed by atoms with E-state index in [0.717, 1.165) is 25.9 Å². The van der Waals surface area contributed by atoms with E-state index in [1.807, 2.05) is 0 Å². The molecule has 0 aliphatic carbocycles. The van der Waals surface area contributed by atoms with Crippen molar-refractivity contribution in [3.8, 4) is 0 Å². The molecule has 1 unspecified atom stereocenters. The van der Waals surface area contributed by atoms with E-state index in [1.54, 1.807) is 0 Å². The third kappa shape index (κ3) is 1.38. The number of carbonyl (C=O) groups is 1. The van der Waals surface area contributed by atoms with Gasteiger partial charge < -0.3 is 9.47 Å². The number of ether oxygens (including phenoxy) is 2. The smallest absolute Gasteiger partial charge is 0.306 e. The summed E-state index contributed by atoms with van der Waals surface area (Å²) in [6.07, 6.45) is 3.64. The van der Waals surface area contributed by atoms with E-state index >= 15 is 0 Å². The van der Waals surface area contributed by atoms with Crippen molar-refractivity contribution in [2.24, 2.45) is 0 Å². The second kappa shape index (κ2) is 2.81. The second-order valence-corrected chi connectivity index (χ2v) is 3.12. The van der Waals surface area contributed by atoms with Gasteiger partial charge in [-0.3, -0.25) is 4.79 Å². The largest absolute Gasteiger partial charge is 0.460 e. The van der Waals surface area contributed by atoms with Gasteiger partial charge in [0, 0.05) is 13.0 Å². The van der Waals surface area contributed by atoms with E-state index in [1.165, 1.54) is 0 Å². The average molecular weight is 156 g/mol. The van der Waals surface area contributed by atoms with Gasteiger partial charge in [-0.1, -0.05) is 0 Å². The predicted molar refractivity (Wildman–Crippen MR) is 38.1 cm³/mol. The van der Waals surface area contributed by atoms with Crippen LogP contribution in [0.15, 0.2) is 0 Å². The van der Waals surface area contributed by atoms with E-state index in [2.05, 4.69) is 0 Å². The molecule has 0 aromatic rings. The molecule has 3 heteroatoms. The van der Waals surface area contributed by atoms with Gasteiger partial charge in [0.2, 0.25) is 0 Å². The topological polar surface area (TPSA) is 35.5 Å².